The molecule has 2 heteroatoms. The smallest absolute Gasteiger partial charge is 0.122 e. The predicted molar refractivity (Wildman–Crippen MR) is 62.9 cm³/mol. The molecule has 0 saturated heterocycles. The van der Waals surface area contributed by atoms with Crippen molar-refractivity contribution in [1.82, 2.24) is 0 Å². The molecule has 0 atom stereocenters. The van der Waals surface area contributed by atoms with Crippen molar-refractivity contribution in [3.05, 3.63) is 23.8 Å². The van der Waals surface area contributed by atoms with Crippen LogP contribution >= 0.6 is 0 Å². The number of hydrogen-bond donors (Lipinski definition) is 0. The maximum atomic E-state index is 5.37. The average Bonchev–Trinajstić information content (AvgIpc) is 2.30. The highest BCUT2D eigenvalue weighted by atomic mass is 16.5. The van der Waals surface area contributed by atoms with Crippen molar-refractivity contribution in [2.24, 2.45) is 0 Å². The lowest BCUT2D eigenvalue weighted by Crippen LogP contribution is -2.00. The fourth-order valence-corrected chi connectivity index (χ4v) is 1.89. The van der Waals surface area contributed by atoms with Crippen LogP contribution in [0.1, 0.15) is 38.2 Å². The zero-order chi connectivity index (χ0) is 11.3. The number of methoxy groups -OCH3 is 2. The van der Waals surface area contributed by atoms with E-state index in [9.17, 15) is 0 Å². The molecule has 0 N–H and O–H groups in total. The first kappa shape index (κ1) is 11.9. The van der Waals surface area contributed by atoms with Gasteiger partial charge in [-0.1, -0.05) is 13.8 Å². The molecule has 1 rings (SSSR count). The third-order valence-corrected chi connectivity index (χ3v) is 2.86. The van der Waals surface area contributed by atoms with Gasteiger partial charge in [-0.3, -0.25) is 0 Å². The van der Waals surface area contributed by atoms with E-state index in [2.05, 4.69) is 19.9 Å². The summed E-state index contributed by atoms with van der Waals surface area (Å²) < 4.78 is 10.6. The van der Waals surface area contributed by atoms with E-state index in [-0.39, 0.29) is 0 Å². The molecule has 0 radical (unpaired) electrons. The molecule has 0 spiro atoms. The third-order valence-electron chi connectivity index (χ3n) is 2.86. The summed E-state index contributed by atoms with van der Waals surface area (Å²) in [6.45, 7) is 4.40. The molecule has 0 fully saturated rings. The van der Waals surface area contributed by atoms with Gasteiger partial charge in [-0.2, -0.15) is 0 Å². The Balaban J connectivity index is 3.09. The largest absolute Gasteiger partial charge is 0.497 e. The van der Waals surface area contributed by atoms with E-state index in [1.807, 2.05) is 12.1 Å². The first-order chi connectivity index (χ1) is 7.26. The summed E-state index contributed by atoms with van der Waals surface area (Å²) >= 11 is 0. The summed E-state index contributed by atoms with van der Waals surface area (Å²) in [5.74, 6) is 2.41. The van der Waals surface area contributed by atoms with E-state index >= 15 is 0 Å². The van der Waals surface area contributed by atoms with Crippen LogP contribution in [-0.4, -0.2) is 14.2 Å². The van der Waals surface area contributed by atoms with Crippen LogP contribution in [0.3, 0.4) is 0 Å². The van der Waals surface area contributed by atoms with E-state index in [1.165, 1.54) is 5.56 Å². The van der Waals surface area contributed by atoms with Crippen LogP contribution in [0.4, 0.5) is 0 Å². The summed E-state index contributed by atoms with van der Waals surface area (Å²) in [7, 11) is 3.41. The van der Waals surface area contributed by atoms with Crippen molar-refractivity contribution >= 4 is 0 Å². The highest BCUT2D eigenvalue weighted by Crippen LogP contribution is 2.33. The Morgan fingerprint density at radius 3 is 2.20 bits per heavy atom. The molecule has 0 aliphatic carbocycles. The third kappa shape index (κ3) is 2.65. The Morgan fingerprint density at radius 2 is 1.73 bits per heavy atom. The summed E-state index contributed by atoms with van der Waals surface area (Å²) in [5.41, 5.74) is 1.25. The van der Waals surface area contributed by atoms with Gasteiger partial charge in [-0.25, -0.2) is 0 Å². The fourth-order valence-electron chi connectivity index (χ4n) is 1.89. The topological polar surface area (TPSA) is 18.5 Å². The average molecular weight is 208 g/mol. The first-order valence-electron chi connectivity index (χ1n) is 5.48. The molecule has 0 unspecified atom stereocenters. The van der Waals surface area contributed by atoms with Crippen molar-refractivity contribution in [1.29, 1.82) is 0 Å². The minimum absolute atomic E-state index is 0.551. The molecule has 0 aromatic heterocycles. The zero-order valence-corrected chi connectivity index (χ0v) is 10.0. The predicted octanol–water partition coefficient (Wildman–Crippen LogP) is 3.61. The van der Waals surface area contributed by atoms with Gasteiger partial charge in [-0.15, -0.1) is 0 Å². The van der Waals surface area contributed by atoms with Crippen LogP contribution in [0.15, 0.2) is 18.2 Å². The van der Waals surface area contributed by atoms with Crippen LogP contribution in [0.25, 0.3) is 0 Å². The first-order valence-corrected chi connectivity index (χ1v) is 5.48. The lowest BCUT2D eigenvalue weighted by Gasteiger charge is -2.17. The molecule has 2 nitrogen and oxygen atoms in total. The Kier molecular flexibility index (Phi) is 4.47. The van der Waals surface area contributed by atoms with Gasteiger partial charge < -0.3 is 9.47 Å². The lowest BCUT2D eigenvalue weighted by atomic mass is 9.93. The fraction of sp³-hybridized carbons (Fsp3) is 0.538. The zero-order valence-electron chi connectivity index (χ0n) is 10.0. The summed E-state index contributed by atoms with van der Waals surface area (Å²) in [5, 5.41) is 0. The molecule has 0 heterocycles. The van der Waals surface area contributed by atoms with Gasteiger partial charge in [0.05, 0.1) is 14.2 Å². The Morgan fingerprint density at radius 1 is 1.07 bits per heavy atom. The monoisotopic (exact) mass is 208 g/mol. The highest BCUT2D eigenvalue weighted by molar-refractivity contribution is 5.42. The van der Waals surface area contributed by atoms with Crippen LogP contribution in [-0.2, 0) is 0 Å². The number of benzene rings is 1. The Labute approximate surface area is 92.2 Å². The van der Waals surface area contributed by atoms with Crippen molar-refractivity contribution in [2.45, 2.75) is 32.6 Å². The number of hydrogen-bond acceptors (Lipinski definition) is 2. The van der Waals surface area contributed by atoms with E-state index in [0.717, 1.165) is 24.3 Å². The van der Waals surface area contributed by atoms with Crippen molar-refractivity contribution in [2.75, 3.05) is 14.2 Å². The number of ether oxygens (including phenoxy) is 2. The molecule has 0 aliphatic heterocycles. The van der Waals surface area contributed by atoms with Gasteiger partial charge in [-0.05, 0) is 37.0 Å². The summed E-state index contributed by atoms with van der Waals surface area (Å²) in [6.07, 6.45) is 2.25. The summed E-state index contributed by atoms with van der Waals surface area (Å²) in [4.78, 5) is 0. The standard InChI is InChI=1S/C13H20O2/c1-5-10(6-2)12-9-11(14-3)7-8-13(12)15-4/h7-10H,5-6H2,1-4H3. The van der Waals surface area contributed by atoms with Crippen LogP contribution in [0, 0.1) is 0 Å². The Hall–Kier alpha value is -1.18. The minimum Gasteiger partial charge on any atom is -0.497 e. The quantitative estimate of drug-likeness (QED) is 0.736. The van der Waals surface area contributed by atoms with Crippen molar-refractivity contribution in [3.63, 3.8) is 0 Å². The minimum atomic E-state index is 0.551. The van der Waals surface area contributed by atoms with Crippen LogP contribution in [0.2, 0.25) is 0 Å². The molecular weight excluding hydrogens is 188 g/mol. The second-order valence-corrected chi connectivity index (χ2v) is 3.62. The maximum absolute atomic E-state index is 5.37. The molecule has 84 valence electrons. The molecule has 1 aromatic carbocycles. The van der Waals surface area contributed by atoms with Gasteiger partial charge in [0, 0.05) is 5.56 Å². The van der Waals surface area contributed by atoms with Crippen LogP contribution in [0.5, 0.6) is 11.5 Å². The van der Waals surface area contributed by atoms with Gasteiger partial charge in [0.15, 0.2) is 0 Å². The number of rotatable bonds is 5. The molecule has 0 amide bonds. The molecule has 15 heavy (non-hydrogen) atoms. The van der Waals surface area contributed by atoms with Gasteiger partial charge in [0.1, 0.15) is 11.5 Å². The normalized spacial score (nSPS) is 10.5. The highest BCUT2D eigenvalue weighted by Gasteiger charge is 2.13. The van der Waals surface area contributed by atoms with E-state index in [1.54, 1.807) is 14.2 Å². The second kappa shape index (κ2) is 5.64. The van der Waals surface area contributed by atoms with E-state index in [0.29, 0.717) is 5.92 Å². The molecule has 0 saturated carbocycles. The van der Waals surface area contributed by atoms with Crippen molar-refractivity contribution < 1.29 is 9.47 Å². The van der Waals surface area contributed by atoms with Gasteiger partial charge in [0.25, 0.3) is 0 Å². The second-order valence-electron chi connectivity index (χ2n) is 3.62. The Bertz CT molecular complexity index is 303. The molecule has 0 aliphatic rings. The lowest BCUT2D eigenvalue weighted by molar-refractivity contribution is 0.393. The molecule has 1 aromatic rings. The SMILES string of the molecule is CCC(CC)c1cc(OC)ccc1OC. The van der Waals surface area contributed by atoms with Crippen molar-refractivity contribution in [3.8, 4) is 11.5 Å². The maximum Gasteiger partial charge on any atom is 0.122 e. The van der Waals surface area contributed by atoms with E-state index < -0.39 is 0 Å². The van der Waals surface area contributed by atoms with Crippen LogP contribution < -0.4 is 9.47 Å². The van der Waals surface area contributed by atoms with Gasteiger partial charge >= 0.3 is 0 Å². The molecule has 0 bridgehead atoms. The summed E-state index contributed by atoms with van der Waals surface area (Å²) in [6, 6.07) is 5.99. The van der Waals surface area contributed by atoms with E-state index in [4.69, 9.17) is 9.47 Å². The van der Waals surface area contributed by atoms with Gasteiger partial charge in [0.2, 0.25) is 0 Å². The molecular formula is C13H20O2.